The molecule has 4 heterocycles. The SMILES string of the molecule is Cc1ccc2c(n1)c(C1CNC1)nn2CC(=O)N1CCC[C@H]1C(F)(F)F. The minimum absolute atomic E-state index is 0.0329. The van der Waals surface area contributed by atoms with Gasteiger partial charge < -0.3 is 10.2 Å². The smallest absolute Gasteiger partial charge is 0.329 e. The van der Waals surface area contributed by atoms with Crippen molar-refractivity contribution in [1.82, 2.24) is 25.0 Å². The number of nitrogens with one attached hydrogen (secondary N) is 1. The summed E-state index contributed by atoms with van der Waals surface area (Å²) in [6.07, 6.45) is -4.05. The van der Waals surface area contributed by atoms with Gasteiger partial charge in [-0.05, 0) is 31.9 Å². The van der Waals surface area contributed by atoms with Gasteiger partial charge in [-0.2, -0.15) is 18.3 Å². The van der Waals surface area contributed by atoms with E-state index in [0.717, 1.165) is 34.9 Å². The zero-order chi connectivity index (χ0) is 18.5. The molecule has 2 aromatic rings. The van der Waals surface area contributed by atoms with Crippen LogP contribution in [0.3, 0.4) is 0 Å². The first kappa shape index (κ1) is 17.3. The van der Waals surface area contributed by atoms with E-state index >= 15 is 0 Å². The van der Waals surface area contributed by atoms with Gasteiger partial charge >= 0.3 is 6.18 Å². The number of rotatable bonds is 3. The Hall–Kier alpha value is -2.16. The zero-order valence-electron chi connectivity index (χ0n) is 14.4. The van der Waals surface area contributed by atoms with E-state index in [1.807, 2.05) is 19.1 Å². The van der Waals surface area contributed by atoms with Crippen molar-refractivity contribution in [1.29, 1.82) is 0 Å². The average molecular weight is 367 g/mol. The molecule has 6 nitrogen and oxygen atoms in total. The van der Waals surface area contributed by atoms with Crippen molar-refractivity contribution in [2.75, 3.05) is 19.6 Å². The fraction of sp³-hybridized carbons (Fsp3) is 0.588. The molecule has 4 rings (SSSR count). The van der Waals surface area contributed by atoms with E-state index in [2.05, 4.69) is 15.4 Å². The third kappa shape index (κ3) is 2.94. The highest BCUT2D eigenvalue weighted by Crippen LogP contribution is 2.33. The lowest BCUT2D eigenvalue weighted by atomic mass is 9.98. The summed E-state index contributed by atoms with van der Waals surface area (Å²) in [4.78, 5) is 18.1. The largest absolute Gasteiger partial charge is 0.408 e. The number of carbonyl (C=O) groups is 1. The Morgan fingerprint density at radius 1 is 1.35 bits per heavy atom. The summed E-state index contributed by atoms with van der Waals surface area (Å²) in [5.41, 5.74) is 3.07. The van der Waals surface area contributed by atoms with Crippen LogP contribution >= 0.6 is 0 Å². The maximum atomic E-state index is 13.1. The number of halogens is 3. The first-order chi connectivity index (χ1) is 12.3. The lowest BCUT2D eigenvalue weighted by Crippen LogP contribution is -2.45. The number of hydrogen-bond donors (Lipinski definition) is 1. The number of fused-ring (bicyclic) bond motifs is 1. The van der Waals surface area contributed by atoms with Gasteiger partial charge in [-0.25, -0.2) is 4.98 Å². The normalized spacial score (nSPS) is 21.4. The molecule has 2 aliphatic rings. The number of amides is 1. The monoisotopic (exact) mass is 367 g/mol. The molecule has 9 heteroatoms. The van der Waals surface area contributed by atoms with Gasteiger partial charge in [-0.3, -0.25) is 9.48 Å². The van der Waals surface area contributed by atoms with Crippen molar-refractivity contribution >= 4 is 16.9 Å². The molecule has 0 radical (unpaired) electrons. The molecule has 1 amide bonds. The summed E-state index contributed by atoms with van der Waals surface area (Å²) in [6, 6.07) is 1.97. The topological polar surface area (TPSA) is 63.1 Å². The van der Waals surface area contributed by atoms with Gasteiger partial charge in [0.25, 0.3) is 0 Å². The van der Waals surface area contributed by atoms with Gasteiger partial charge in [0.1, 0.15) is 18.1 Å². The van der Waals surface area contributed by atoms with Crippen molar-refractivity contribution in [3.63, 3.8) is 0 Å². The summed E-state index contributed by atoms with van der Waals surface area (Å²) < 4.78 is 40.9. The molecule has 2 aromatic heterocycles. The van der Waals surface area contributed by atoms with Crippen LogP contribution in [0.2, 0.25) is 0 Å². The van der Waals surface area contributed by atoms with Crippen molar-refractivity contribution in [3.8, 4) is 0 Å². The predicted octanol–water partition coefficient (Wildman–Crippen LogP) is 1.98. The van der Waals surface area contributed by atoms with Crippen LogP contribution in [-0.2, 0) is 11.3 Å². The Kier molecular flexibility index (Phi) is 4.13. The molecule has 0 bridgehead atoms. The molecular formula is C17H20F3N5O. The second-order valence-corrected chi connectivity index (χ2v) is 7.01. The molecule has 140 valence electrons. The molecule has 1 N–H and O–H groups in total. The molecule has 26 heavy (non-hydrogen) atoms. The van der Waals surface area contributed by atoms with E-state index in [0.29, 0.717) is 11.9 Å². The average Bonchev–Trinajstić information content (AvgIpc) is 3.11. The number of nitrogens with zero attached hydrogens (tertiary/aromatic N) is 4. The lowest BCUT2D eigenvalue weighted by molar-refractivity contribution is -0.183. The van der Waals surface area contributed by atoms with Crippen LogP contribution in [0.15, 0.2) is 12.1 Å². The van der Waals surface area contributed by atoms with Gasteiger partial charge in [0.05, 0.1) is 11.2 Å². The summed E-state index contributed by atoms with van der Waals surface area (Å²) >= 11 is 0. The van der Waals surface area contributed by atoms with Gasteiger partial charge in [0.15, 0.2) is 0 Å². The van der Waals surface area contributed by atoms with E-state index in [-0.39, 0.29) is 25.4 Å². The van der Waals surface area contributed by atoms with Gasteiger partial charge in [-0.1, -0.05) is 0 Å². The summed E-state index contributed by atoms with van der Waals surface area (Å²) in [5, 5.41) is 7.72. The van der Waals surface area contributed by atoms with Crippen LogP contribution in [0.1, 0.15) is 30.1 Å². The van der Waals surface area contributed by atoms with Crippen LogP contribution in [0.25, 0.3) is 11.0 Å². The van der Waals surface area contributed by atoms with E-state index in [4.69, 9.17) is 0 Å². The molecule has 2 saturated heterocycles. The van der Waals surface area contributed by atoms with E-state index < -0.39 is 18.1 Å². The fourth-order valence-electron chi connectivity index (χ4n) is 3.68. The van der Waals surface area contributed by atoms with E-state index in [9.17, 15) is 18.0 Å². The van der Waals surface area contributed by atoms with E-state index in [1.165, 1.54) is 4.68 Å². The number of likely N-dealkylation sites (tertiary alicyclic amines) is 1. The van der Waals surface area contributed by atoms with Gasteiger partial charge in [-0.15, -0.1) is 0 Å². The molecule has 0 aromatic carbocycles. The van der Waals surface area contributed by atoms with Crippen molar-refractivity contribution in [3.05, 3.63) is 23.5 Å². The number of carbonyl (C=O) groups excluding carboxylic acids is 1. The minimum Gasteiger partial charge on any atom is -0.329 e. The minimum atomic E-state index is -4.39. The number of hydrogen-bond acceptors (Lipinski definition) is 4. The maximum Gasteiger partial charge on any atom is 0.408 e. The zero-order valence-corrected chi connectivity index (χ0v) is 14.4. The van der Waals surface area contributed by atoms with Crippen LogP contribution in [0, 0.1) is 6.92 Å². The Labute approximate surface area is 148 Å². The maximum absolute atomic E-state index is 13.1. The summed E-state index contributed by atoms with van der Waals surface area (Å²) in [7, 11) is 0. The molecule has 2 fully saturated rings. The second-order valence-electron chi connectivity index (χ2n) is 7.01. The second kappa shape index (κ2) is 6.22. The van der Waals surface area contributed by atoms with Crippen LogP contribution in [0.5, 0.6) is 0 Å². The van der Waals surface area contributed by atoms with E-state index in [1.54, 1.807) is 0 Å². The standard InChI is InChI=1S/C17H20F3N5O/c1-10-4-5-12-16(22-10)15(11-7-21-8-11)23-25(12)9-14(26)24-6-2-3-13(24)17(18,19)20/h4-5,11,13,21H,2-3,6-9H2,1H3/t13-/m0/s1. The van der Waals surface area contributed by atoms with Crippen LogP contribution < -0.4 is 5.32 Å². The molecule has 1 atom stereocenters. The molecule has 0 spiro atoms. The number of aromatic nitrogens is 3. The van der Waals surface area contributed by atoms with Crippen molar-refractivity contribution in [2.24, 2.45) is 0 Å². The van der Waals surface area contributed by atoms with Crippen LogP contribution in [-0.4, -0.2) is 57.4 Å². The first-order valence-electron chi connectivity index (χ1n) is 8.75. The lowest BCUT2D eigenvalue weighted by Gasteiger charge is -2.26. The van der Waals surface area contributed by atoms with Gasteiger partial charge in [0.2, 0.25) is 5.91 Å². The molecule has 0 aliphatic carbocycles. The predicted molar refractivity (Wildman–Crippen MR) is 88.7 cm³/mol. The highest BCUT2D eigenvalue weighted by Gasteiger charge is 2.47. The summed E-state index contributed by atoms with van der Waals surface area (Å²) in [5.74, 6) is -0.328. The molecule has 0 unspecified atom stereocenters. The molecule has 2 aliphatic heterocycles. The quantitative estimate of drug-likeness (QED) is 0.901. The highest BCUT2D eigenvalue weighted by atomic mass is 19.4. The summed E-state index contributed by atoms with van der Waals surface area (Å²) in [6.45, 7) is 3.39. The Morgan fingerprint density at radius 3 is 2.77 bits per heavy atom. The number of aryl methyl sites for hydroxylation is 1. The third-order valence-corrected chi connectivity index (χ3v) is 5.17. The first-order valence-corrected chi connectivity index (χ1v) is 8.75. The Balaban J connectivity index is 1.64. The van der Waals surface area contributed by atoms with Crippen molar-refractivity contribution in [2.45, 2.75) is 44.4 Å². The number of alkyl halides is 3. The fourth-order valence-corrected chi connectivity index (χ4v) is 3.68. The Bertz CT molecular complexity index is 843. The van der Waals surface area contributed by atoms with Crippen LogP contribution in [0.4, 0.5) is 13.2 Å². The molecule has 0 saturated carbocycles. The van der Waals surface area contributed by atoms with Crippen molar-refractivity contribution < 1.29 is 18.0 Å². The molecular weight excluding hydrogens is 347 g/mol. The third-order valence-electron chi connectivity index (χ3n) is 5.17. The Morgan fingerprint density at radius 2 is 2.12 bits per heavy atom. The number of pyridine rings is 1. The van der Waals surface area contributed by atoms with Gasteiger partial charge in [0, 0.05) is 31.2 Å². The highest BCUT2D eigenvalue weighted by molar-refractivity contribution is 5.82.